The zero-order valence-corrected chi connectivity index (χ0v) is 17.4. The standard InChI is InChI=1S/C23H19ClN4O3/c1-15-7-6-12-28-21(29)13-16(25-22(15)28)14-31-20-11-5-4-10-19(20)27-23(30)26-18-9-3-2-8-17(18)24/h2-13H,14H2,1H3,(H2,26,27,30). The highest BCUT2D eigenvalue weighted by atomic mass is 35.5. The summed E-state index contributed by atoms with van der Waals surface area (Å²) in [5.41, 5.74) is 2.75. The quantitative estimate of drug-likeness (QED) is 0.469. The Balaban J connectivity index is 1.50. The van der Waals surface area contributed by atoms with Crippen molar-refractivity contribution < 1.29 is 9.53 Å². The van der Waals surface area contributed by atoms with Crippen LogP contribution in [0, 0.1) is 6.92 Å². The van der Waals surface area contributed by atoms with Crippen molar-refractivity contribution in [2.45, 2.75) is 13.5 Å². The van der Waals surface area contributed by atoms with Crippen molar-refractivity contribution in [2.75, 3.05) is 10.6 Å². The van der Waals surface area contributed by atoms with Crippen molar-refractivity contribution in [1.29, 1.82) is 0 Å². The molecule has 0 saturated carbocycles. The van der Waals surface area contributed by atoms with E-state index in [1.807, 2.05) is 13.0 Å². The number of para-hydroxylation sites is 3. The van der Waals surface area contributed by atoms with E-state index in [0.29, 0.717) is 33.5 Å². The van der Waals surface area contributed by atoms with E-state index in [1.165, 1.54) is 10.5 Å². The lowest BCUT2D eigenvalue weighted by Gasteiger charge is -2.14. The number of hydrogen-bond donors (Lipinski definition) is 2. The molecule has 0 aliphatic rings. The lowest BCUT2D eigenvalue weighted by atomic mass is 10.3. The fourth-order valence-electron chi connectivity index (χ4n) is 3.07. The van der Waals surface area contributed by atoms with E-state index < -0.39 is 6.03 Å². The summed E-state index contributed by atoms with van der Waals surface area (Å²) in [6.45, 7) is 1.97. The number of benzene rings is 2. The number of aromatic nitrogens is 2. The monoisotopic (exact) mass is 434 g/mol. The molecule has 2 amide bonds. The van der Waals surface area contributed by atoms with E-state index in [0.717, 1.165) is 5.56 Å². The highest BCUT2D eigenvalue weighted by Gasteiger charge is 2.11. The lowest BCUT2D eigenvalue weighted by molar-refractivity contribution is 0.261. The number of pyridine rings is 1. The first-order valence-electron chi connectivity index (χ1n) is 9.53. The van der Waals surface area contributed by atoms with Gasteiger partial charge in [-0.05, 0) is 42.8 Å². The predicted molar refractivity (Wildman–Crippen MR) is 121 cm³/mol. The molecule has 0 radical (unpaired) electrons. The van der Waals surface area contributed by atoms with Crippen LogP contribution in [0.25, 0.3) is 5.65 Å². The van der Waals surface area contributed by atoms with Crippen LogP contribution in [0.15, 0.2) is 77.7 Å². The van der Waals surface area contributed by atoms with Gasteiger partial charge in [0, 0.05) is 12.3 Å². The summed E-state index contributed by atoms with van der Waals surface area (Å²) in [4.78, 5) is 29.3. The second kappa shape index (κ2) is 8.89. The highest BCUT2D eigenvalue weighted by Crippen LogP contribution is 2.26. The number of carbonyl (C=O) groups excluding carboxylic acids is 1. The number of nitrogens with one attached hydrogen (secondary N) is 2. The van der Waals surface area contributed by atoms with Crippen LogP contribution in [0.2, 0.25) is 5.02 Å². The maximum Gasteiger partial charge on any atom is 0.323 e. The number of amides is 2. The van der Waals surface area contributed by atoms with E-state index in [1.54, 1.807) is 60.8 Å². The molecule has 0 atom stereocenters. The van der Waals surface area contributed by atoms with Crippen LogP contribution in [0.1, 0.15) is 11.3 Å². The molecular weight excluding hydrogens is 416 g/mol. The predicted octanol–water partition coefficient (Wildman–Crippen LogP) is 4.88. The van der Waals surface area contributed by atoms with Crippen LogP contribution in [-0.4, -0.2) is 15.4 Å². The van der Waals surface area contributed by atoms with Crippen molar-refractivity contribution in [1.82, 2.24) is 9.38 Å². The van der Waals surface area contributed by atoms with Gasteiger partial charge in [0.05, 0.1) is 22.1 Å². The third-order valence-corrected chi connectivity index (χ3v) is 4.90. The molecule has 0 spiro atoms. The molecule has 2 N–H and O–H groups in total. The van der Waals surface area contributed by atoms with Gasteiger partial charge >= 0.3 is 6.03 Å². The Bertz CT molecular complexity index is 1320. The maximum absolute atomic E-state index is 12.4. The van der Waals surface area contributed by atoms with Crippen molar-refractivity contribution in [2.24, 2.45) is 0 Å². The van der Waals surface area contributed by atoms with Crippen LogP contribution < -0.4 is 20.9 Å². The van der Waals surface area contributed by atoms with Crippen LogP contribution >= 0.6 is 11.6 Å². The number of anilines is 2. The number of nitrogens with zero attached hydrogens (tertiary/aromatic N) is 2. The Morgan fingerprint density at radius 3 is 2.55 bits per heavy atom. The summed E-state index contributed by atoms with van der Waals surface area (Å²) in [5.74, 6) is 0.448. The number of aryl methyl sites for hydroxylation is 1. The van der Waals surface area contributed by atoms with Crippen LogP contribution in [0.5, 0.6) is 5.75 Å². The zero-order valence-electron chi connectivity index (χ0n) is 16.6. The first-order valence-corrected chi connectivity index (χ1v) is 9.91. The van der Waals surface area contributed by atoms with Gasteiger partial charge in [-0.15, -0.1) is 0 Å². The molecule has 2 heterocycles. The fourth-order valence-corrected chi connectivity index (χ4v) is 3.25. The van der Waals surface area contributed by atoms with E-state index in [4.69, 9.17) is 16.3 Å². The molecule has 2 aromatic heterocycles. The first-order chi connectivity index (χ1) is 15.0. The number of rotatable bonds is 5. The van der Waals surface area contributed by atoms with E-state index in [-0.39, 0.29) is 12.2 Å². The molecule has 7 nitrogen and oxygen atoms in total. The summed E-state index contributed by atoms with van der Waals surface area (Å²) in [6.07, 6.45) is 1.68. The van der Waals surface area contributed by atoms with Gasteiger partial charge in [-0.25, -0.2) is 9.78 Å². The Morgan fingerprint density at radius 2 is 1.74 bits per heavy atom. The van der Waals surface area contributed by atoms with E-state index in [2.05, 4.69) is 15.6 Å². The minimum Gasteiger partial charge on any atom is -0.485 e. The largest absolute Gasteiger partial charge is 0.485 e. The Kier molecular flexibility index (Phi) is 5.86. The summed E-state index contributed by atoms with van der Waals surface area (Å²) < 4.78 is 7.36. The second-order valence-corrected chi connectivity index (χ2v) is 7.22. The summed E-state index contributed by atoms with van der Waals surface area (Å²) in [5, 5.41) is 5.89. The molecule has 0 fully saturated rings. The molecule has 2 aromatic carbocycles. The number of ether oxygens (including phenoxy) is 1. The number of urea groups is 1. The Morgan fingerprint density at radius 1 is 1.03 bits per heavy atom. The van der Waals surface area contributed by atoms with Gasteiger partial charge < -0.3 is 15.4 Å². The van der Waals surface area contributed by atoms with Gasteiger partial charge in [0.1, 0.15) is 18.0 Å². The van der Waals surface area contributed by atoms with Crippen molar-refractivity contribution in [3.05, 3.63) is 99.6 Å². The number of fused-ring (bicyclic) bond motifs is 1. The molecular formula is C23H19ClN4O3. The second-order valence-electron chi connectivity index (χ2n) is 6.81. The minimum absolute atomic E-state index is 0.0743. The number of hydrogen-bond acceptors (Lipinski definition) is 4. The molecule has 31 heavy (non-hydrogen) atoms. The third-order valence-electron chi connectivity index (χ3n) is 4.57. The molecule has 4 aromatic rings. The van der Waals surface area contributed by atoms with Gasteiger partial charge in [0.2, 0.25) is 0 Å². The summed E-state index contributed by atoms with van der Waals surface area (Å²) >= 11 is 6.08. The van der Waals surface area contributed by atoms with Gasteiger partial charge in [-0.3, -0.25) is 9.20 Å². The molecule has 156 valence electrons. The molecule has 0 bridgehead atoms. The zero-order chi connectivity index (χ0) is 21.8. The normalized spacial score (nSPS) is 10.6. The van der Waals surface area contributed by atoms with E-state index >= 15 is 0 Å². The van der Waals surface area contributed by atoms with E-state index in [9.17, 15) is 9.59 Å². The average molecular weight is 435 g/mol. The molecule has 0 aliphatic carbocycles. The van der Waals surface area contributed by atoms with Crippen molar-refractivity contribution in [3.63, 3.8) is 0 Å². The lowest BCUT2D eigenvalue weighted by Crippen LogP contribution is -2.20. The third kappa shape index (κ3) is 4.67. The SMILES string of the molecule is Cc1cccn2c(=O)cc(COc3ccccc3NC(=O)Nc3ccccc3Cl)nc12. The minimum atomic E-state index is -0.457. The Hall–Kier alpha value is -3.84. The maximum atomic E-state index is 12.4. The van der Waals surface area contributed by atoms with Crippen molar-refractivity contribution >= 4 is 34.7 Å². The molecule has 4 rings (SSSR count). The molecule has 0 aliphatic heterocycles. The van der Waals surface area contributed by atoms with Crippen molar-refractivity contribution in [3.8, 4) is 5.75 Å². The number of carbonyl (C=O) groups is 1. The van der Waals surface area contributed by atoms with Gasteiger partial charge in [-0.1, -0.05) is 41.9 Å². The van der Waals surface area contributed by atoms with Gasteiger partial charge in [0.25, 0.3) is 5.56 Å². The molecule has 8 heteroatoms. The molecule has 0 saturated heterocycles. The van der Waals surface area contributed by atoms with Crippen LogP contribution in [-0.2, 0) is 6.61 Å². The van der Waals surface area contributed by atoms with Crippen LogP contribution in [0.3, 0.4) is 0 Å². The first kappa shape index (κ1) is 20.4. The molecule has 0 unspecified atom stereocenters. The summed E-state index contributed by atoms with van der Waals surface area (Å²) in [6, 6.07) is 18.6. The topological polar surface area (TPSA) is 84.7 Å². The van der Waals surface area contributed by atoms with Gasteiger partial charge in [0.15, 0.2) is 0 Å². The Labute approximate surface area is 183 Å². The van der Waals surface area contributed by atoms with Gasteiger partial charge in [-0.2, -0.15) is 0 Å². The fraction of sp³-hybridized carbons (Fsp3) is 0.0870. The average Bonchev–Trinajstić information content (AvgIpc) is 2.75. The summed E-state index contributed by atoms with van der Waals surface area (Å²) in [7, 11) is 0. The smallest absolute Gasteiger partial charge is 0.323 e. The van der Waals surface area contributed by atoms with Crippen LogP contribution in [0.4, 0.5) is 16.2 Å². The highest BCUT2D eigenvalue weighted by molar-refractivity contribution is 6.33. The number of halogens is 1.